The van der Waals surface area contributed by atoms with Crippen molar-refractivity contribution < 1.29 is 29.3 Å². The van der Waals surface area contributed by atoms with Crippen LogP contribution in [0.2, 0.25) is 0 Å². The maximum atomic E-state index is 13.6. The molecule has 6 rings (SSSR count). The second-order valence-electron chi connectivity index (χ2n) is 9.75. The van der Waals surface area contributed by atoms with Crippen LogP contribution in [0, 0.1) is 0 Å². The highest BCUT2D eigenvalue weighted by atomic mass is 16.6. The largest absolute Gasteiger partial charge is 0.496 e. The van der Waals surface area contributed by atoms with Crippen molar-refractivity contribution in [1.82, 2.24) is 14.9 Å². The molecule has 37 heavy (non-hydrogen) atoms. The van der Waals surface area contributed by atoms with Gasteiger partial charge in [-0.3, -0.25) is 9.59 Å². The zero-order valence-corrected chi connectivity index (χ0v) is 20.6. The van der Waals surface area contributed by atoms with E-state index < -0.39 is 11.6 Å². The lowest BCUT2D eigenvalue weighted by molar-refractivity contribution is -0.172. The summed E-state index contributed by atoms with van der Waals surface area (Å²) in [4.78, 5) is 43.6. The first-order valence-corrected chi connectivity index (χ1v) is 12.4. The van der Waals surface area contributed by atoms with Crippen LogP contribution in [0.25, 0.3) is 22.3 Å². The molecule has 3 aromatic rings. The SMILES string of the molecule is CC[C@@]1(O)C(=O)OCc2c1cc1n(c2=O)Cc2c-1nc1ccc(OC)c3c1c2C(NC(=O)CCCO)C3. The molecule has 0 saturated heterocycles. The first-order valence-electron chi connectivity index (χ1n) is 12.4. The molecule has 2 atom stereocenters. The first-order chi connectivity index (χ1) is 17.8. The highest BCUT2D eigenvalue weighted by Crippen LogP contribution is 2.47. The zero-order valence-electron chi connectivity index (χ0n) is 20.6. The molecule has 2 aromatic heterocycles. The van der Waals surface area contributed by atoms with E-state index in [1.807, 2.05) is 12.1 Å². The van der Waals surface area contributed by atoms with Crippen molar-refractivity contribution in [2.45, 2.75) is 57.4 Å². The number of hydrogen-bond donors (Lipinski definition) is 3. The molecule has 0 spiro atoms. The van der Waals surface area contributed by atoms with Gasteiger partial charge >= 0.3 is 5.97 Å². The summed E-state index contributed by atoms with van der Waals surface area (Å²) in [5.74, 6) is -0.233. The number of pyridine rings is 2. The van der Waals surface area contributed by atoms with Gasteiger partial charge in [-0.1, -0.05) is 6.92 Å². The Morgan fingerprint density at radius 2 is 2.11 bits per heavy atom. The molecule has 0 fully saturated rings. The summed E-state index contributed by atoms with van der Waals surface area (Å²) in [7, 11) is 1.60. The second kappa shape index (κ2) is 8.39. The minimum Gasteiger partial charge on any atom is -0.496 e. The third-order valence-corrected chi connectivity index (χ3v) is 7.84. The quantitative estimate of drug-likeness (QED) is 0.336. The predicted molar refractivity (Wildman–Crippen MR) is 132 cm³/mol. The Morgan fingerprint density at radius 1 is 1.30 bits per heavy atom. The number of nitrogens with one attached hydrogen (secondary N) is 1. The summed E-state index contributed by atoms with van der Waals surface area (Å²) in [5, 5.41) is 24.3. The molecule has 1 aliphatic carbocycles. The molecular formula is C27H27N3O7. The van der Waals surface area contributed by atoms with E-state index in [1.54, 1.807) is 24.7 Å². The van der Waals surface area contributed by atoms with E-state index >= 15 is 0 Å². The van der Waals surface area contributed by atoms with Crippen molar-refractivity contribution >= 4 is 22.8 Å². The van der Waals surface area contributed by atoms with E-state index in [-0.39, 0.29) is 61.2 Å². The molecular weight excluding hydrogens is 478 g/mol. The number of aliphatic hydroxyl groups is 2. The molecule has 1 unspecified atom stereocenters. The van der Waals surface area contributed by atoms with Crippen molar-refractivity contribution in [2.24, 2.45) is 0 Å². The van der Waals surface area contributed by atoms with Gasteiger partial charge in [0.1, 0.15) is 12.4 Å². The molecule has 10 nitrogen and oxygen atoms in total. The molecule has 0 radical (unpaired) electrons. The smallest absolute Gasteiger partial charge is 0.343 e. The van der Waals surface area contributed by atoms with E-state index in [1.165, 1.54) is 0 Å². The standard InChI is InChI=1S/C27H27N3O7/c1-3-27(35)16-10-19-24-14(11-30(19)25(33)15(16)12-37-26(27)34)23-18(28-21(32)5-4-8-31)9-13-20(36-2)7-6-17(29-24)22(13)23/h6-7,10,18,31,35H,3-5,8-9,11-12H2,1-2H3,(H,28,32)/t18?,27-/m0/s1. The monoisotopic (exact) mass is 505 g/mol. The number of cyclic esters (lactones) is 1. The van der Waals surface area contributed by atoms with Gasteiger partial charge in [0.25, 0.3) is 5.56 Å². The van der Waals surface area contributed by atoms with Gasteiger partial charge in [-0.2, -0.15) is 0 Å². The fourth-order valence-corrected chi connectivity index (χ4v) is 5.97. The van der Waals surface area contributed by atoms with Gasteiger partial charge in [0, 0.05) is 41.5 Å². The maximum absolute atomic E-state index is 13.6. The fraction of sp³-hybridized carbons (Fsp3) is 0.407. The number of hydrogen-bond acceptors (Lipinski definition) is 8. The van der Waals surface area contributed by atoms with Gasteiger partial charge in [-0.25, -0.2) is 9.78 Å². The number of nitrogens with zero attached hydrogens (tertiary/aromatic N) is 2. The van der Waals surface area contributed by atoms with Crippen molar-refractivity contribution in [1.29, 1.82) is 0 Å². The Labute approximate surface area is 211 Å². The lowest BCUT2D eigenvalue weighted by Crippen LogP contribution is -2.44. The summed E-state index contributed by atoms with van der Waals surface area (Å²) in [6.07, 6.45) is 1.15. The van der Waals surface area contributed by atoms with Gasteiger partial charge in [0.2, 0.25) is 5.91 Å². The van der Waals surface area contributed by atoms with Crippen molar-refractivity contribution in [3.63, 3.8) is 0 Å². The highest BCUT2D eigenvalue weighted by Gasteiger charge is 2.46. The molecule has 10 heteroatoms. The topological polar surface area (TPSA) is 140 Å². The minimum atomic E-state index is -1.90. The lowest BCUT2D eigenvalue weighted by atomic mass is 9.86. The number of aromatic nitrogens is 2. The lowest BCUT2D eigenvalue weighted by Gasteiger charge is -2.31. The molecule has 2 aliphatic heterocycles. The third-order valence-electron chi connectivity index (χ3n) is 7.84. The third kappa shape index (κ3) is 3.25. The molecule has 4 heterocycles. The number of rotatable bonds is 6. The first kappa shape index (κ1) is 23.6. The summed E-state index contributed by atoms with van der Waals surface area (Å²) in [6.45, 7) is 1.65. The maximum Gasteiger partial charge on any atom is 0.343 e. The minimum absolute atomic E-state index is 0.0656. The van der Waals surface area contributed by atoms with Gasteiger partial charge in [-0.05, 0) is 36.6 Å². The highest BCUT2D eigenvalue weighted by molar-refractivity contribution is 5.95. The summed E-state index contributed by atoms with van der Waals surface area (Å²) in [6, 6.07) is 5.04. The number of fused-ring (bicyclic) bond motifs is 5. The number of esters is 1. The normalized spacial score (nSPS) is 20.9. The summed E-state index contributed by atoms with van der Waals surface area (Å²) >= 11 is 0. The van der Waals surface area contributed by atoms with Gasteiger partial charge in [0.05, 0.1) is 42.2 Å². The van der Waals surface area contributed by atoms with Crippen LogP contribution in [-0.2, 0) is 39.5 Å². The number of amides is 1. The number of methoxy groups -OCH3 is 1. The second-order valence-corrected chi connectivity index (χ2v) is 9.75. The summed E-state index contributed by atoms with van der Waals surface area (Å²) in [5.41, 5.74) is 2.77. The van der Waals surface area contributed by atoms with E-state index in [2.05, 4.69) is 5.32 Å². The van der Waals surface area contributed by atoms with Gasteiger partial charge in [0.15, 0.2) is 5.60 Å². The van der Waals surface area contributed by atoms with Crippen molar-refractivity contribution in [3.8, 4) is 17.1 Å². The average molecular weight is 506 g/mol. The Bertz CT molecular complexity index is 1560. The van der Waals surface area contributed by atoms with Gasteiger partial charge in [-0.15, -0.1) is 0 Å². The van der Waals surface area contributed by atoms with Crippen LogP contribution in [0.4, 0.5) is 0 Å². The van der Waals surface area contributed by atoms with Crippen LogP contribution in [0.15, 0.2) is 23.0 Å². The van der Waals surface area contributed by atoms with Crippen LogP contribution >= 0.6 is 0 Å². The Morgan fingerprint density at radius 3 is 2.84 bits per heavy atom. The van der Waals surface area contributed by atoms with Gasteiger partial charge < -0.3 is 29.6 Å². The molecule has 3 N–H and O–H groups in total. The zero-order chi connectivity index (χ0) is 26.1. The molecule has 3 aliphatic rings. The van der Waals surface area contributed by atoms with E-state index in [9.17, 15) is 19.5 Å². The number of ether oxygens (including phenoxy) is 2. The molecule has 0 bridgehead atoms. The Hall–Kier alpha value is -3.76. The van der Waals surface area contributed by atoms with E-state index in [0.29, 0.717) is 35.5 Å². The van der Waals surface area contributed by atoms with Crippen LogP contribution in [0.5, 0.6) is 5.75 Å². The molecule has 1 aromatic carbocycles. The Balaban J connectivity index is 1.56. The average Bonchev–Trinajstić information content (AvgIpc) is 3.45. The number of carbonyl (C=O) groups is 2. The van der Waals surface area contributed by atoms with Crippen molar-refractivity contribution in [2.75, 3.05) is 13.7 Å². The van der Waals surface area contributed by atoms with Crippen LogP contribution < -0.4 is 15.6 Å². The Kier molecular flexibility index (Phi) is 5.36. The van der Waals surface area contributed by atoms with Crippen molar-refractivity contribution in [3.05, 3.63) is 56.4 Å². The van der Waals surface area contributed by atoms with E-state index in [4.69, 9.17) is 19.6 Å². The number of aliphatic hydroxyl groups excluding tert-OH is 1. The fourth-order valence-electron chi connectivity index (χ4n) is 5.97. The number of benzene rings is 1. The summed E-state index contributed by atoms with van der Waals surface area (Å²) < 4.78 is 12.4. The molecule has 0 saturated carbocycles. The molecule has 192 valence electrons. The van der Waals surface area contributed by atoms with Crippen LogP contribution in [0.3, 0.4) is 0 Å². The number of carbonyl (C=O) groups excluding carboxylic acids is 2. The molecule has 1 amide bonds. The van der Waals surface area contributed by atoms with Crippen LogP contribution in [-0.4, -0.2) is 45.4 Å². The van der Waals surface area contributed by atoms with E-state index in [0.717, 1.165) is 22.1 Å². The van der Waals surface area contributed by atoms with Crippen LogP contribution in [0.1, 0.15) is 60.0 Å². The predicted octanol–water partition coefficient (Wildman–Crippen LogP) is 1.57.